The van der Waals surface area contributed by atoms with Crippen molar-refractivity contribution in [2.75, 3.05) is 19.6 Å². The van der Waals surface area contributed by atoms with Gasteiger partial charge in [-0.3, -0.25) is 9.59 Å². The van der Waals surface area contributed by atoms with Crippen LogP contribution in [0.4, 0.5) is 0 Å². The monoisotopic (exact) mass is 362 g/mol. The Morgan fingerprint density at radius 3 is 2.65 bits per heavy atom. The number of hydrogen-bond acceptors (Lipinski definition) is 5. The Hall–Kier alpha value is -1.92. The lowest BCUT2D eigenvalue weighted by atomic mass is 9.99. The van der Waals surface area contributed by atoms with Crippen molar-refractivity contribution in [1.29, 1.82) is 0 Å². The van der Waals surface area contributed by atoms with E-state index in [4.69, 9.17) is 4.52 Å². The molecule has 0 spiro atoms. The highest BCUT2D eigenvalue weighted by molar-refractivity contribution is 5.77. The Bertz CT molecular complexity index is 624. The number of carbonyl (C=O) groups is 2. The molecule has 2 heterocycles. The maximum atomic E-state index is 12.7. The summed E-state index contributed by atoms with van der Waals surface area (Å²) in [4.78, 5) is 32.9. The Kier molecular flexibility index (Phi) is 6.27. The third-order valence-corrected chi connectivity index (χ3v) is 5.68. The standard InChI is InChI=1S/C19H30N4O3/c1-14-20-18(21-26-14)9-11-23(15(2)24)17-8-5-10-22(13-17)19(25)12-16-6-3-4-7-16/h16-17H,3-13H2,1-2H3. The van der Waals surface area contributed by atoms with E-state index >= 15 is 0 Å². The summed E-state index contributed by atoms with van der Waals surface area (Å²) >= 11 is 0. The minimum atomic E-state index is 0.0420. The summed E-state index contributed by atoms with van der Waals surface area (Å²) in [6.45, 7) is 5.38. The highest BCUT2D eigenvalue weighted by Gasteiger charge is 2.30. The molecule has 2 amide bonds. The zero-order chi connectivity index (χ0) is 18.5. The Morgan fingerprint density at radius 1 is 1.23 bits per heavy atom. The van der Waals surface area contributed by atoms with Crippen molar-refractivity contribution in [1.82, 2.24) is 19.9 Å². The van der Waals surface area contributed by atoms with Crippen LogP contribution in [0.3, 0.4) is 0 Å². The lowest BCUT2D eigenvalue weighted by Gasteiger charge is -2.39. The first-order chi connectivity index (χ1) is 12.5. The molecular weight excluding hydrogens is 332 g/mol. The van der Waals surface area contributed by atoms with Crippen LogP contribution in [0.25, 0.3) is 0 Å². The van der Waals surface area contributed by atoms with Crippen LogP contribution in [0.1, 0.15) is 63.6 Å². The summed E-state index contributed by atoms with van der Waals surface area (Å²) in [5, 5.41) is 3.90. The van der Waals surface area contributed by atoms with Crippen LogP contribution >= 0.6 is 0 Å². The molecule has 1 aromatic heterocycles. The average Bonchev–Trinajstić information content (AvgIpc) is 3.27. The second-order valence-corrected chi connectivity index (χ2v) is 7.68. The second kappa shape index (κ2) is 8.64. The number of rotatable bonds is 6. The molecule has 1 aromatic rings. The van der Waals surface area contributed by atoms with Crippen molar-refractivity contribution in [3.8, 4) is 0 Å². The smallest absolute Gasteiger partial charge is 0.223 e. The predicted molar refractivity (Wildman–Crippen MR) is 96.3 cm³/mol. The van der Waals surface area contributed by atoms with Crippen LogP contribution in [-0.4, -0.2) is 57.4 Å². The largest absolute Gasteiger partial charge is 0.341 e. The molecule has 1 unspecified atom stereocenters. The van der Waals surface area contributed by atoms with Crippen LogP contribution in [0, 0.1) is 12.8 Å². The van der Waals surface area contributed by atoms with E-state index in [-0.39, 0.29) is 17.9 Å². The minimum Gasteiger partial charge on any atom is -0.341 e. The second-order valence-electron chi connectivity index (χ2n) is 7.68. The quantitative estimate of drug-likeness (QED) is 0.776. The number of amides is 2. The summed E-state index contributed by atoms with van der Waals surface area (Å²) in [6, 6.07) is 0.0850. The molecular formula is C19H30N4O3. The summed E-state index contributed by atoms with van der Waals surface area (Å²) in [5.74, 6) is 2.03. The number of piperidine rings is 1. The SMILES string of the molecule is CC(=O)N(CCc1noc(C)n1)C1CCCN(C(=O)CC2CCCC2)C1. The molecule has 2 fully saturated rings. The van der Waals surface area contributed by atoms with Gasteiger partial charge in [0.05, 0.1) is 0 Å². The van der Waals surface area contributed by atoms with E-state index in [1.54, 1.807) is 13.8 Å². The Labute approximate surface area is 155 Å². The normalized spacial score (nSPS) is 21.2. The number of likely N-dealkylation sites (tertiary alicyclic amines) is 1. The number of carbonyl (C=O) groups excluding carboxylic acids is 2. The van der Waals surface area contributed by atoms with Gasteiger partial charge in [-0.1, -0.05) is 18.0 Å². The van der Waals surface area contributed by atoms with Gasteiger partial charge in [0.15, 0.2) is 5.82 Å². The van der Waals surface area contributed by atoms with Gasteiger partial charge in [-0.25, -0.2) is 0 Å². The van der Waals surface area contributed by atoms with Crippen molar-refractivity contribution in [2.24, 2.45) is 5.92 Å². The summed E-state index contributed by atoms with van der Waals surface area (Å²) in [7, 11) is 0. The van der Waals surface area contributed by atoms with E-state index in [1.807, 2.05) is 9.80 Å². The molecule has 0 aromatic carbocycles. The molecule has 0 bridgehead atoms. The van der Waals surface area contributed by atoms with Gasteiger partial charge in [-0.2, -0.15) is 4.98 Å². The summed E-state index contributed by atoms with van der Waals surface area (Å²) in [6.07, 6.45) is 8.03. The lowest BCUT2D eigenvalue weighted by Crippen LogP contribution is -2.52. The molecule has 3 rings (SSSR count). The zero-order valence-electron chi connectivity index (χ0n) is 15.9. The van der Waals surface area contributed by atoms with Crippen LogP contribution in [0.2, 0.25) is 0 Å². The Morgan fingerprint density at radius 2 is 2.00 bits per heavy atom. The molecule has 1 saturated heterocycles. The van der Waals surface area contributed by atoms with Crippen molar-refractivity contribution in [3.05, 3.63) is 11.7 Å². The zero-order valence-corrected chi connectivity index (χ0v) is 15.9. The van der Waals surface area contributed by atoms with Crippen LogP contribution < -0.4 is 0 Å². The Balaban J connectivity index is 1.55. The summed E-state index contributed by atoms with van der Waals surface area (Å²) < 4.78 is 5.00. The van der Waals surface area contributed by atoms with E-state index < -0.39 is 0 Å². The molecule has 7 heteroatoms. The van der Waals surface area contributed by atoms with E-state index in [1.165, 1.54) is 25.7 Å². The first-order valence-corrected chi connectivity index (χ1v) is 9.87. The first-order valence-electron chi connectivity index (χ1n) is 9.87. The molecule has 7 nitrogen and oxygen atoms in total. The van der Waals surface area contributed by atoms with Crippen molar-refractivity contribution in [2.45, 2.75) is 71.3 Å². The van der Waals surface area contributed by atoms with Gasteiger partial charge in [-0.15, -0.1) is 0 Å². The lowest BCUT2D eigenvalue weighted by molar-refractivity contribution is -0.139. The van der Waals surface area contributed by atoms with Crippen molar-refractivity contribution < 1.29 is 14.1 Å². The molecule has 0 radical (unpaired) electrons. The molecule has 26 heavy (non-hydrogen) atoms. The van der Waals surface area contributed by atoms with Crippen molar-refractivity contribution >= 4 is 11.8 Å². The number of hydrogen-bond donors (Lipinski definition) is 0. The van der Waals surface area contributed by atoms with E-state index in [9.17, 15) is 9.59 Å². The van der Waals surface area contributed by atoms with E-state index in [0.29, 0.717) is 43.6 Å². The number of nitrogens with zero attached hydrogens (tertiary/aromatic N) is 4. The third kappa shape index (κ3) is 4.83. The fourth-order valence-corrected chi connectivity index (χ4v) is 4.29. The molecule has 2 aliphatic rings. The molecule has 1 aliphatic heterocycles. The third-order valence-electron chi connectivity index (χ3n) is 5.68. The van der Waals surface area contributed by atoms with Crippen LogP contribution in [0.5, 0.6) is 0 Å². The number of aryl methyl sites for hydroxylation is 1. The van der Waals surface area contributed by atoms with Gasteiger partial charge in [0.25, 0.3) is 0 Å². The van der Waals surface area contributed by atoms with Gasteiger partial charge in [0.2, 0.25) is 17.7 Å². The summed E-state index contributed by atoms with van der Waals surface area (Å²) in [5.41, 5.74) is 0. The fourth-order valence-electron chi connectivity index (χ4n) is 4.29. The average molecular weight is 362 g/mol. The van der Waals surface area contributed by atoms with Gasteiger partial charge in [0.1, 0.15) is 0 Å². The molecule has 1 atom stereocenters. The molecule has 1 aliphatic carbocycles. The topological polar surface area (TPSA) is 79.5 Å². The van der Waals surface area contributed by atoms with Crippen LogP contribution in [0.15, 0.2) is 4.52 Å². The fraction of sp³-hybridized carbons (Fsp3) is 0.789. The first kappa shape index (κ1) is 18.9. The highest BCUT2D eigenvalue weighted by atomic mass is 16.5. The van der Waals surface area contributed by atoms with Gasteiger partial charge >= 0.3 is 0 Å². The van der Waals surface area contributed by atoms with Crippen LogP contribution in [-0.2, 0) is 16.0 Å². The number of aromatic nitrogens is 2. The molecule has 1 saturated carbocycles. The minimum absolute atomic E-state index is 0.0420. The molecule has 144 valence electrons. The van der Waals surface area contributed by atoms with Crippen molar-refractivity contribution in [3.63, 3.8) is 0 Å². The molecule has 0 N–H and O–H groups in total. The predicted octanol–water partition coefficient (Wildman–Crippen LogP) is 2.34. The van der Waals surface area contributed by atoms with Gasteiger partial charge in [-0.05, 0) is 31.6 Å². The van der Waals surface area contributed by atoms with E-state index in [2.05, 4.69) is 10.1 Å². The van der Waals surface area contributed by atoms with E-state index in [0.717, 1.165) is 19.4 Å². The van der Waals surface area contributed by atoms with Gasteiger partial charge in [0, 0.05) is 52.4 Å². The maximum absolute atomic E-state index is 12.7. The van der Waals surface area contributed by atoms with Gasteiger partial charge < -0.3 is 14.3 Å². The highest BCUT2D eigenvalue weighted by Crippen LogP contribution is 2.28. The maximum Gasteiger partial charge on any atom is 0.223 e.